The summed E-state index contributed by atoms with van der Waals surface area (Å²) in [6, 6.07) is 19.7. The molecule has 0 radical (unpaired) electrons. The van der Waals surface area contributed by atoms with E-state index in [4.69, 9.17) is 4.74 Å². The molecule has 38 heavy (non-hydrogen) atoms. The molecule has 3 aromatic carbocycles. The van der Waals surface area contributed by atoms with Gasteiger partial charge in [0.2, 0.25) is 5.91 Å². The fourth-order valence-electron chi connectivity index (χ4n) is 4.42. The number of aromatic nitrogens is 1. The van der Waals surface area contributed by atoms with Crippen molar-refractivity contribution in [3.8, 4) is 0 Å². The number of benzene rings is 3. The number of fused-ring (bicyclic) bond motifs is 1. The van der Waals surface area contributed by atoms with Gasteiger partial charge in [0.1, 0.15) is 18.2 Å². The maximum atomic E-state index is 14.4. The van der Waals surface area contributed by atoms with E-state index in [9.17, 15) is 18.4 Å². The minimum absolute atomic E-state index is 0.0819. The Kier molecular flexibility index (Phi) is 9.21. The number of carbonyl (C=O) groups is 2. The first-order valence-electron chi connectivity index (χ1n) is 12.6. The van der Waals surface area contributed by atoms with Gasteiger partial charge >= 0.3 is 0 Å². The molecular formula is C30H31F2N3O3. The van der Waals surface area contributed by atoms with Crippen molar-refractivity contribution in [2.45, 2.75) is 19.4 Å². The Balaban J connectivity index is 1.55. The molecule has 0 atom stereocenters. The Morgan fingerprint density at radius 1 is 0.895 bits per heavy atom. The van der Waals surface area contributed by atoms with Crippen molar-refractivity contribution in [2.24, 2.45) is 0 Å². The van der Waals surface area contributed by atoms with Crippen molar-refractivity contribution in [3.63, 3.8) is 0 Å². The third kappa shape index (κ3) is 6.83. The summed E-state index contributed by atoms with van der Waals surface area (Å²) in [6.45, 7) is 1.06. The Labute approximate surface area is 220 Å². The van der Waals surface area contributed by atoms with Gasteiger partial charge in [-0.05, 0) is 54.3 Å². The molecular weight excluding hydrogens is 488 g/mol. The van der Waals surface area contributed by atoms with Crippen LogP contribution in [0.5, 0.6) is 0 Å². The highest BCUT2D eigenvalue weighted by molar-refractivity contribution is 5.96. The van der Waals surface area contributed by atoms with Gasteiger partial charge in [0, 0.05) is 50.5 Å². The fraction of sp³-hybridized carbons (Fsp3) is 0.267. The number of methoxy groups -OCH3 is 1. The Bertz CT molecular complexity index is 1370. The number of H-pyrrole nitrogens is 1. The van der Waals surface area contributed by atoms with Crippen molar-refractivity contribution >= 4 is 22.7 Å². The topological polar surface area (TPSA) is 65.6 Å². The van der Waals surface area contributed by atoms with E-state index in [1.165, 1.54) is 35.2 Å². The molecule has 6 nitrogen and oxygen atoms in total. The molecule has 0 aliphatic carbocycles. The number of para-hydroxylation sites is 1. The molecule has 1 heterocycles. The lowest BCUT2D eigenvalue weighted by Gasteiger charge is -2.28. The second kappa shape index (κ2) is 13.0. The monoisotopic (exact) mass is 519 g/mol. The van der Waals surface area contributed by atoms with E-state index in [0.29, 0.717) is 26.0 Å². The van der Waals surface area contributed by atoms with Gasteiger partial charge in [0.25, 0.3) is 5.91 Å². The van der Waals surface area contributed by atoms with E-state index in [1.807, 2.05) is 30.5 Å². The van der Waals surface area contributed by atoms with Crippen molar-refractivity contribution in [2.75, 3.05) is 33.4 Å². The minimum Gasteiger partial charge on any atom is -0.385 e. The summed E-state index contributed by atoms with van der Waals surface area (Å²) in [5.74, 6) is -1.82. The Morgan fingerprint density at radius 2 is 1.63 bits per heavy atom. The van der Waals surface area contributed by atoms with E-state index in [0.717, 1.165) is 22.0 Å². The Morgan fingerprint density at radius 3 is 2.39 bits per heavy atom. The molecule has 1 aromatic heterocycles. The number of nitrogens with one attached hydrogen (secondary N) is 1. The molecule has 0 spiro atoms. The summed E-state index contributed by atoms with van der Waals surface area (Å²) in [6.07, 6.45) is 3.02. The lowest BCUT2D eigenvalue weighted by atomic mass is 10.1. The quantitative estimate of drug-likeness (QED) is 0.262. The first-order valence-corrected chi connectivity index (χ1v) is 12.6. The van der Waals surface area contributed by atoms with Gasteiger partial charge in [-0.1, -0.05) is 42.5 Å². The van der Waals surface area contributed by atoms with Crippen LogP contribution in [0.25, 0.3) is 10.9 Å². The van der Waals surface area contributed by atoms with Crippen LogP contribution in [0.2, 0.25) is 0 Å². The third-order valence-electron chi connectivity index (χ3n) is 6.46. The zero-order chi connectivity index (χ0) is 26.9. The highest BCUT2D eigenvalue weighted by atomic mass is 19.1. The third-order valence-corrected chi connectivity index (χ3v) is 6.46. The van der Waals surface area contributed by atoms with Crippen LogP contribution in [0.4, 0.5) is 8.78 Å². The molecule has 0 unspecified atom stereocenters. The molecule has 0 saturated heterocycles. The second-order valence-corrected chi connectivity index (χ2v) is 9.10. The molecule has 198 valence electrons. The van der Waals surface area contributed by atoms with Crippen LogP contribution in [0.15, 0.2) is 79.0 Å². The molecule has 0 bridgehead atoms. The lowest BCUT2D eigenvalue weighted by Crippen LogP contribution is -2.44. The first-order chi connectivity index (χ1) is 18.5. The van der Waals surface area contributed by atoms with Gasteiger partial charge in [-0.3, -0.25) is 9.59 Å². The van der Waals surface area contributed by atoms with Gasteiger partial charge in [-0.15, -0.1) is 0 Å². The maximum absolute atomic E-state index is 14.4. The highest BCUT2D eigenvalue weighted by Crippen LogP contribution is 2.19. The zero-order valence-electron chi connectivity index (χ0n) is 21.3. The number of carbonyl (C=O) groups excluding carboxylic acids is 2. The largest absolute Gasteiger partial charge is 0.385 e. The van der Waals surface area contributed by atoms with Crippen LogP contribution >= 0.6 is 0 Å². The summed E-state index contributed by atoms with van der Waals surface area (Å²) >= 11 is 0. The summed E-state index contributed by atoms with van der Waals surface area (Å²) in [5, 5.41) is 1.08. The number of hydrogen-bond acceptors (Lipinski definition) is 3. The molecule has 2 amide bonds. The molecule has 0 fully saturated rings. The summed E-state index contributed by atoms with van der Waals surface area (Å²) in [7, 11) is 1.56. The van der Waals surface area contributed by atoms with Gasteiger partial charge in [0.15, 0.2) is 0 Å². The molecule has 8 heteroatoms. The predicted molar refractivity (Wildman–Crippen MR) is 143 cm³/mol. The van der Waals surface area contributed by atoms with Crippen molar-refractivity contribution in [3.05, 3.63) is 107 Å². The van der Waals surface area contributed by atoms with Crippen molar-refractivity contribution in [1.29, 1.82) is 0 Å². The van der Waals surface area contributed by atoms with E-state index in [-0.39, 0.29) is 36.9 Å². The second-order valence-electron chi connectivity index (χ2n) is 9.10. The summed E-state index contributed by atoms with van der Waals surface area (Å²) < 4.78 is 33.0. The lowest BCUT2D eigenvalue weighted by molar-refractivity contribution is -0.132. The average Bonchev–Trinajstić information content (AvgIpc) is 3.34. The Hall–Kier alpha value is -4.04. The number of nitrogens with zero attached hydrogens (tertiary/aromatic N) is 2. The average molecular weight is 520 g/mol. The van der Waals surface area contributed by atoms with Crippen molar-refractivity contribution < 1.29 is 23.1 Å². The van der Waals surface area contributed by atoms with Crippen molar-refractivity contribution in [1.82, 2.24) is 14.8 Å². The van der Waals surface area contributed by atoms with Crippen LogP contribution in [0.1, 0.15) is 27.9 Å². The minimum atomic E-state index is -0.635. The van der Waals surface area contributed by atoms with Crippen LogP contribution < -0.4 is 0 Å². The molecule has 4 rings (SSSR count). The van der Waals surface area contributed by atoms with Gasteiger partial charge in [0.05, 0.1) is 5.56 Å². The van der Waals surface area contributed by atoms with E-state index in [2.05, 4.69) is 4.98 Å². The predicted octanol–water partition coefficient (Wildman–Crippen LogP) is 5.20. The number of ether oxygens (including phenoxy) is 1. The first kappa shape index (κ1) is 27.0. The number of aromatic amines is 1. The van der Waals surface area contributed by atoms with E-state index < -0.39 is 11.7 Å². The number of hydrogen-bond donors (Lipinski definition) is 1. The molecule has 4 aromatic rings. The van der Waals surface area contributed by atoms with E-state index in [1.54, 1.807) is 30.2 Å². The van der Waals surface area contributed by atoms with Crippen LogP contribution in [0.3, 0.4) is 0 Å². The standard InChI is InChI=1S/C30H31F2N3O3/c1-38-18-6-16-35(30(37)26-8-2-4-9-27(26)32)21-29(36)34(20-22-11-13-24(31)14-12-22)17-15-23-19-33-28-10-5-3-7-25(23)28/h2-5,7-14,19,33H,6,15-18,20-21H2,1H3. The number of halogens is 2. The molecule has 0 saturated carbocycles. The fourth-order valence-corrected chi connectivity index (χ4v) is 4.42. The molecule has 0 aliphatic heterocycles. The smallest absolute Gasteiger partial charge is 0.257 e. The molecule has 1 N–H and O–H groups in total. The number of rotatable bonds is 12. The maximum Gasteiger partial charge on any atom is 0.257 e. The van der Waals surface area contributed by atoms with E-state index >= 15 is 0 Å². The normalized spacial score (nSPS) is 11.0. The van der Waals surface area contributed by atoms with Crippen LogP contribution in [-0.2, 0) is 22.5 Å². The van der Waals surface area contributed by atoms with Gasteiger partial charge < -0.3 is 19.5 Å². The van der Waals surface area contributed by atoms with Crippen LogP contribution in [-0.4, -0.2) is 59.9 Å². The van der Waals surface area contributed by atoms with Gasteiger partial charge in [-0.2, -0.15) is 0 Å². The SMILES string of the molecule is COCCCN(CC(=O)N(CCc1c[nH]c2ccccc12)Cc1ccc(F)cc1)C(=O)c1ccccc1F. The van der Waals surface area contributed by atoms with Gasteiger partial charge in [-0.25, -0.2) is 8.78 Å². The highest BCUT2D eigenvalue weighted by Gasteiger charge is 2.24. The molecule has 0 aliphatic rings. The number of amides is 2. The zero-order valence-corrected chi connectivity index (χ0v) is 21.3. The summed E-state index contributed by atoms with van der Waals surface area (Å²) in [5.41, 5.74) is 2.77. The van der Waals surface area contributed by atoms with Crippen LogP contribution in [0, 0.1) is 11.6 Å². The summed E-state index contributed by atoms with van der Waals surface area (Å²) in [4.78, 5) is 33.1.